The maximum absolute atomic E-state index is 13.0. The minimum absolute atomic E-state index is 0.130. The van der Waals surface area contributed by atoms with Crippen LogP contribution in [0.1, 0.15) is 93.4 Å². The van der Waals surface area contributed by atoms with Crippen molar-refractivity contribution in [2.24, 2.45) is 11.3 Å². The first-order chi connectivity index (χ1) is 20.3. The molecule has 0 aromatic rings. The summed E-state index contributed by atoms with van der Waals surface area (Å²) in [5, 5.41) is 46.7. The first kappa shape index (κ1) is 35.7. The smallest absolute Gasteiger partial charge is 0.341 e. The van der Waals surface area contributed by atoms with Crippen LogP contribution in [0.2, 0.25) is 0 Å². The van der Waals surface area contributed by atoms with Crippen LogP contribution in [0.25, 0.3) is 0 Å². The summed E-state index contributed by atoms with van der Waals surface area (Å²) in [5.41, 5.74) is -8.83. The Morgan fingerprint density at radius 3 is 2.18 bits per heavy atom. The largest absolute Gasteiger partial charge is 0.461 e. The summed E-state index contributed by atoms with van der Waals surface area (Å²) in [5.74, 6) is -4.88. The minimum Gasteiger partial charge on any atom is -0.461 e. The van der Waals surface area contributed by atoms with Gasteiger partial charge >= 0.3 is 23.9 Å². The van der Waals surface area contributed by atoms with E-state index in [0.717, 1.165) is 39.5 Å². The summed E-state index contributed by atoms with van der Waals surface area (Å²) in [7, 11) is 0. The van der Waals surface area contributed by atoms with Crippen LogP contribution >= 0.6 is 0 Å². The third-order valence-corrected chi connectivity index (χ3v) is 9.52. The van der Waals surface area contributed by atoms with E-state index >= 15 is 0 Å². The van der Waals surface area contributed by atoms with Gasteiger partial charge in [0, 0.05) is 38.0 Å². The van der Waals surface area contributed by atoms with E-state index in [1.165, 1.54) is 32.1 Å². The first-order valence-corrected chi connectivity index (χ1v) is 15.3. The second kappa shape index (κ2) is 13.3. The number of hydrogen-bond acceptors (Lipinski definition) is 12. The van der Waals surface area contributed by atoms with Crippen molar-refractivity contribution in [2.45, 2.75) is 141 Å². The third-order valence-electron chi connectivity index (χ3n) is 9.52. The van der Waals surface area contributed by atoms with Gasteiger partial charge in [0.25, 0.3) is 0 Å². The Balaban J connectivity index is 2.26. The van der Waals surface area contributed by atoms with Gasteiger partial charge in [-0.1, -0.05) is 51.7 Å². The highest BCUT2D eigenvalue weighted by molar-refractivity contribution is 5.84. The molecule has 248 valence electrons. The van der Waals surface area contributed by atoms with Crippen LogP contribution in [-0.4, -0.2) is 91.6 Å². The van der Waals surface area contributed by atoms with Gasteiger partial charge in [0.1, 0.15) is 24.4 Å². The van der Waals surface area contributed by atoms with E-state index in [2.05, 4.69) is 6.92 Å². The SMILES string of the molecule is CCCCCCCC(=O)OC1CC(OC(C)=O)C2(C)C=CC(O)C(C)(O)C2C(OC(C)=O)C2(O)C(C=C1C)OC(=O)C2(C)O. The number of unbranched alkanes of at least 4 members (excludes halogenated alkanes) is 4. The molecule has 0 radical (unpaired) electrons. The highest BCUT2D eigenvalue weighted by atomic mass is 16.6. The average molecular weight is 625 g/mol. The van der Waals surface area contributed by atoms with Gasteiger partial charge in [0.15, 0.2) is 17.3 Å². The van der Waals surface area contributed by atoms with Gasteiger partial charge in [-0.3, -0.25) is 14.4 Å². The summed E-state index contributed by atoms with van der Waals surface area (Å²) in [4.78, 5) is 51.1. The first-order valence-electron chi connectivity index (χ1n) is 15.3. The third kappa shape index (κ3) is 6.59. The van der Waals surface area contributed by atoms with Gasteiger partial charge in [0.2, 0.25) is 0 Å². The number of hydrogen-bond donors (Lipinski definition) is 4. The van der Waals surface area contributed by atoms with Crippen molar-refractivity contribution in [3.63, 3.8) is 0 Å². The van der Waals surface area contributed by atoms with E-state index < -0.39 is 82.5 Å². The number of ether oxygens (including phenoxy) is 4. The highest BCUT2D eigenvalue weighted by Gasteiger charge is 2.74. The molecule has 12 nitrogen and oxygen atoms in total. The van der Waals surface area contributed by atoms with Crippen LogP contribution in [0.4, 0.5) is 0 Å². The van der Waals surface area contributed by atoms with Gasteiger partial charge in [0.05, 0.1) is 5.60 Å². The fourth-order valence-electron chi connectivity index (χ4n) is 6.89. The Bertz CT molecular complexity index is 1170. The van der Waals surface area contributed by atoms with Gasteiger partial charge in [-0.15, -0.1) is 0 Å². The van der Waals surface area contributed by atoms with Crippen molar-refractivity contribution in [3.05, 3.63) is 23.8 Å². The molecule has 0 aromatic heterocycles. The quantitative estimate of drug-likeness (QED) is 0.127. The van der Waals surface area contributed by atoms with E-state index in [4.69, 9.17) is 18.9 Å². The van der Waals surface area contributed by atoms with Gasteiger partial charge in [-0.05, 0) is 38.8 Å². The lowest BCUT2D eigenvalue weighted by molar-refractivity contribution is -0.258. The van der Waals surface area contributed by atoms with Crippen molar-refractivity contribution in [1.29, 1.82) is 0 Å². The van der Waals surface area contributed by atoms with Crippen molar-refractivity contribution in [1.82, 2.24) is 0 Å². The van der Waals surface area contributed by atoms with Crippen LogP contribution in [-0.2, 0) is 38.1 Å². The molecule has 3 rings (SSSR count). The lowest BCUT2D eigenvalue weighted by Crippen LogP contribution is -2.73. The van der Waals surface area contributed by atoms with E-state index in [9.17, 15) is 39.6 Å². The standard InChI is InChI=1S/C32H48O12/c1-8-9-10-11-12-13-25(36)43-21-17-23(41-19(3)33)29(5)15-14-22(35)30(6,38)26(29)27(42-20(4)34)32(40)24(16-18(21)2)44-28(37)31(32,7)39/h14-16,21-24,26-27,35,38-40H,8-13,17H2,1-7H3. The summed E-state index contributed by atoms with van der Waals surface area (Å²) < 4.78 is 22.8. The van der Waals surface area contributed by atoms with Gasteiger partial charge in [-0.25, -0.2) is 4.79 Å². The van der Waals surface area contributed by atoms with E-state index in [1.54, 1.807) is 13.8 Å². The molecule has 1 fully saturated rings. The Morgan fingerprint density at radius 1 is 0.977 bits per heavy atom. The molecule has 10 atom stereocenters. The molecule has 1 saturated heterocycles. The van der Waals surface area contributed by atoms with Crippen LogP contribution in [0.15, 0.2) is 23.8 Å². The second-order valence-corrected chi connectivity index (χ2v) is 13.0. The predicted molar refractivity (Wildman–Crippen MR) is 156 cm³/mol. The number of aliphatic hydroxyl groups excluding tert-OH is 1. The number of rotatable bonds is 9. The van der Waals surface area contributed by atoms with Crippen molar-refractivity contribution >= 4 is 23.9 Å². The van der Waals surface area contributed by atoms with Crippen LogP contribution in [0, 0.1) is 11.3 Å². The Labute approximate surface area is 258 Å². The minimum atomic E-state index is -2.73. The summed E-state index contributed by atoms with van der Waals surface area (Å²) in [6.45, 7) is 9.71. The van der Waals surface area contributed by atoms with Crippen molar-refractivity contribution in [3.8, 4) is 0 Å². The molecule has 1 heterocycles. The maximum atomic E-state index is 13.0. The summed E-state index contributed by atoms with van der Waals surface area (Å²) in [6.07, 6.45) is 1.27. The summed E-state index contributed by atoms with van der Waals surface area (Å²) >= 11 is 0. The van der Waals surface area contributed by atoms with Gasteiger partial charge < -0.3 is 39.4 Å². The fourth-order valence-corrected chi connectivity index (χ4v) is 6.89. The summed E-state index contributed by atoms with van der Waals surface area (Å²) in [6, 6.07) is 0. The predicted octanol–water partition coefficient (Wildman–Crippen LogP) is 2.18. The van der Waals surface area contributed by atoms with Crippen molar-refractivity contribution < 1.29 is 58.6 Å². The molecule has 0 spiro atoms. The highest BCUT2D eigenvalue weighted by Crippen LogP contribution is 2.55. The molecule has 12 heteroatoms. The molecular weight excluding hydrogens is 576 g/mol. The van der Waals surface area contributed by atoms with E-state index in [1.807, 2.05) is 0 Å². The lowest BCUT2D eigenvalue weighted by Gasteiger charge is -2.57. The number of carbonyl (C=O) groups excluding carboxylic acids is 4. The zero-order chi connectivity index (χ0) is 33.3. The molecule has 2 aliphatic carbocycles. The zero-order valence-electron chi connectivity index (χ0n) is 26.7. The fraction of sp³-hybridized carbons (Fsp3) is 0.750. The number of fused-ring (bicyclic) bond motifs is 2. The monoisotopic (exact) mass is 624 g/mol. The number of carbonyl (C=O) groups is 4. The Morgan fingerprint density at radius 2 is 1.59 bits per heavy atom. The molecular formula is C32H48O12. The molecule has 0 amide bonds. The van der Waals surface area contributed by atoms with Crippen LogP contribution in [0.5, 0.6) is 0 Å². The Hall–Kier alpha value is -2.80. The van der Waals surface area contributed by atoms with Crippen LogP contribution < -0.4 is 0 Å². The molecule has 3 aliphatic rings. The second-order valence-electron chi connectivity index (χ2n) is 13.0. The molecule has 44 heavy (non-hydrogen) atoms. The van der Waals surface area contributed by atoms with Crippen LogP contribution in [0.3, 0.4) is 0 Å². The maximum Gasteiger partial charge on any atom is 0.341 e. The molecule has 10 unspecified atom stereocenters. The molecule has 4 N–H and O–H groups in total. The molecule has 1 aliphatic heterocycles. The Kier molecular flexibility index (Phi) is 10.8. The number of esters is 4. The molecule has 0 saturated carbocycles. The lowest BCUT2D eigenvalue weighted by atomic mass is 9.54. The topological polar surface area (TPSA) is 186 Å². The molecule has 0 bridgehead atoms. The van der Waals surface area contributed by atoms with Gasteiger partial charge in [-0.2, -0.15) is 0 Å². The van der Waals surface area contributed by atoms with E-state index in [0.29, 0.717) is 12.0 Å². The normalized spacial score (nSPS) is 40.2. The number of aliphatic hydroxyl groups is 4. The average Bonchev–Trinajstić information content (AvgIpc) is 3.08. The van der Waals surface area contributed by atoms with Crippen molar-refractivity contribution in [2.75, 3.05) is 0 Å². The molecule has 0 aromatic carbocycles. The van der Waals surface area contributed by atoms with E-state index in [-0.39, 0.29) is 12.8 Å². The zero-order valence-corrected chi connectivity index (χ0v) is 26.7.